The number of likely N-dealkylation sites (N-methyl/N-ethyl adjacent to an activating group) is 1. The van der Waals surface area contributed by atoms with Crippen LogP contribution in [0.2, 0.25) is 0 Å². The zero-order valence-corrected chi connectivity index (χ0v) is 24.1. The standard InChI is InChI=1S/C32H46N2O5/c1-5-12-27(19-18-23(2)39-30-17-10-9-15-26(30)16-11-20-33)31(36)34(4)24(3)29(35)22-28(32(37)38)21-25-13-7-6-8-14-25/h6-10,13-15,17,23-24,27-28H,5,11-12,16,18-22,33H2,1-4H3,(H,37,38)/p+1/t23-,24-,27-,28+/m1/s1. The van der Waals surface area contributed by atoms with Crippen molar-refractivity contribution in [3.05, 3.63) is 65.7 Å². The minimum Gasteiger partial charge on any atom is -0.490 e. The summed E-state index contributed by atoms with van der Waals surface area (Å²) in [6, 6.07) is 16.7. The van der Waals surface area contributed by atoms with Crippen molar-refractivity contribution in [1.29, 1.82) is 0 Å². The number of carboxylic acids is 1. The van der Waals surface area contributed by atoms with Gasteiger partial charge in [0.25, 0.3) is 0 Å². The number of nitrogens with zero attached hydrogens (tertiary/aromatic N) is 1. The molecule has 0 heterocycles. The Morgan fingerprint density at radius 1 is 0.949 bits per heavy atom. The minimum absolute atomic E-state index is 0.0586. The van der Waals surface area contributed by atoms with Gasteiger partial charge in [0, 0.05) is 25.8 Å². The van der Waals surface area contributed by atoms with Gasteiger partial charge in [-0.15, -0.1) is 0 Å². The Kier molecular flexibility index (Phi) is 13.7. The van der Waals surface area contributed by atoms with Gasteiger partial charge in [-0.25, -0.2) is 0 Å². The molecule has 0 aromatic heterocycles. The van der Waals surface area contributed by atoms with Crippen LogP contribution in [0.25, 0.3) is 0 Å². The number of Topliss-reactive ketones (excluding diaryl/α,β-unsaturated/α-hetero) is 1. The number of rotatable bonds is 18. The Morgan fingerprint density at radius 2 is 1.62 bits per heavy atom. The lowest BCUT2D eigenvalue weighted by Gasteiger charge is -2.29. The summed E-state index contributed by atoms with van der Waals surface area (Å²) in [5, 5.41) is 9.71. The van der Waals surface area contributed by atoms with Crippen LogP contribution in [0.1, 0.15) is 70.4 Å². The molecule has 0 saturated heterocycles. The lowest BCUT2D eigenvalue weighted by atomic mass is 9.91. The smallest absolute Gasteiger partial charge is 0.307 e. The van der Waals surface area contributed by atoms with E-state index in [0.717, 1.165) is 43.5 Å². The average molecular weight is 540 g/mol. The Labute approximate surface area is 233 Å². The van der Waals surface area contributed by atoms with E-state index in [-0.39, 0.29) is 36.6 Å². The molecule has 0 aliphatic rings. The van der Waals surface area contributed by atoms with Crippen molar-refractivity contribution >= 4 is 17.7 Å². The van der Waals surface area contributed by atoms with E-state index in [0.29, 0.717) is 12.8 Å². The number of carbonyl (C=O) groups is 3. The SMILES string of the molecule is CCC[C@H](CC[C@@H](C)Oc1ccccc1CCC[NH3+])C(=O)N(C)[C@H](C)C(=O)C[C@H](Cc1ccccc1)C(=O)O. The first-order valence-corrected chi connectivity index (χ1v) is 14.3. The van der Waals surface area contributed by atoms with Gasteiger partial charge in [0.05, 0.1) is 24.6 Å². The third-order valence-corrected chi connectivity index (χ3v) is 7.42. The summed E-state index contributed by atoms with van der Waals surface area (Å²) in [6.45, 7) is 6.65. The highest BCUT2D eigenvalue weighted by molar-refractivity contribution is 5.91. The first-order chi connectivity index (χ1) is 18.7. The Hall–Kier alpha value is -3.19. The summed E-state index contributed by atoms with van der Waals surface area (Å²) in [6.07, 6.45) is 4.99. The van der Waals surface area contributed by atoms with Crippen molar-refractivity contribution in [2.45, 2.75) is 84.3 Å². The fourth-order valence-electron chi connectivity index (χ4n) is 4.85. The van der Waals surface area contributed by atoms with Crippen LogP contribution in [0.15, 0.2) is 54.6 Å². The van der Waals surface area contributed by atoms with Gasteiger partial charge in [0.2, 0.25) is 5.91 Å². The molecule has 0 unspecified atom stereocenters. The molecule has 2 rings (SSSR count). The van der Waals surface area contributed by atoms with Crippen molar-refractivity contribution < 1.29 is 30.0 Å². The first kappa shape index (κ1) is 32.0. The maximum absolute atomic E-state index is 13.4. The molecular formula is C32H47N2O5+. The quantitative estimate of drug-likeness (QED) is 0.288. The minimum atomic E-state index is -1.00. The molecule has 0 aliphatic carbocycles. The summed E-state index contributed by atoms with van der Waals surface area (Å²) < 4.78 is 6.26. The number of aliphatic carboxylic acids is 1. The number of carboxylic acid groups (broad SMARTS) is 1. The van der Waals surface area contributed by atoms with E-state index in [1.54, 1.807) is 14.0 Å². The van der Waals surface area contributed by atoms with E-state index < -0.39 is 17.9 Å². The Balaban J connectivity index is 1.97. The second-order valence-electron chi connectivity index (χ2n) is 10.6. The number of ketones is 1. The van der Waals surface area contributed by atoms with Crippen molar-refractivity contribution in [3.8, 4) is 5.75 Å². The normalized spacial score (nSPS) is 14.2. The highest BCUT2D eigenvalue weighted by Gasteiger charge is 2.31. The fraction of sp³-hybridized carbons (Fsp3) is 0.531. The fourth-order valence-corrected chi connectivity index (χ4v) is 4.85. The van der Waals surface area contributed by atoms with Crippen LogP contribution in [-0.2, 0) is 27.2 Å². The second kappa shape index (κ2) is 16.7. The summed E-state index contributed by atoms with van der Waals surface area (Å²) in [5.74, 6) is -1.47. The van der Waals surface area contributed by atoms with Crippen molar-refractivity contribution in [1.82, 2.24) is 4.90 Å². The lowest BCUT2D eigenvalue weighted by molar-refractivity contribution is -0.368. The Bertz CT molecular complexity index is 1040. The van der Waals surface area contributed by atoms with Crippen molar-refractivity contribution in [2.75, 3.05) is 13.6 Å². The number of amides is 1. The van der Waals surface area contributed by atoms with Gasteiger partial charge in [0.15, 0.2) is 5.78 Å². The first-order valence-electron chi connectivity index (χ1n) is 14.3. The van der Waals surface area contributed by atoms with Gasteiger partial charge in [-0.05, 0) is 63.1 Å². The van der Waals surface area contributed by atoms with Crippen LogP contribution in [-0.4, -0.2) is 53.4 Å². The summed E-state index contributed by atoms with van der Waals surface area (Å²) in [4.78, 5) is 39.9. The maximum Gasteiger partial charge on any atom is 0.307 e. The average Bonchev–Trinajstić information content (AvgIpc) is 2.93. The highest BCUT2D eigenvalue weighted by Crippen LogP contribution is 2.25. The number of aryl methyl sites for hydroxylation is 1. The molecule has 4 atom stereocenters. The van der Waals surface area contributed by atoms with Crippen LogP contribution >= 0.6 is 0 Å². The monoisotopic (exact) mass is 539 g/mol. The number of hydrogen-bond donors (Lipinski definition) is 2. The van der Waals surface area contributed by atoms with Crippen LogP contribution in [0.5, 0.6) is 5.75 Å². The largest absolute Gasteiger partial charge is 0.490 e. The predicted octanol–water partition coefficient (Wildman–Crippen LogP) is 4.57. The number of ether oxygens (including phenoxy) is 1. The maximum atomic E-state index is 13.4. The van der Waals surface area contributed by atoms with Gasteiger partial charge in [-0.1, -0.05) is 61.9 Å². The molecule has 0 saturated carbocycles. The summed E-state index contributed by atoms with van der Waals surface area (Å²) in [5.41, 5.74) is 5.97. The summed E-state index contributed by atoms with van der Waals surface area (Å²) >= 11 is 0. The molecule has 0 bridgehead atoms. The predicted molar refractivity (Wildman–Crippen MR) is 153 cm³/mol. The third-order valence-electron chi connectivity index (χ3n) is 7.42. The van der Waals surface area contributed by atoms with Gasteiger partial charge in [0.1, 0.15) is 5.75 Å². The van der Waals surface area contributed by atoms with Gasteiger partial charge in [-0.2, -0.15) is 0 Å². The molecule has 7 nitrogen and oxygen atoms in total. The molecule has 0 fully saturated rings. The summed E-state index contributed by atoms with van der Waals surface area (Å²) in [7, 11) is 1.65. The molecule has 2 aromatic rings. The molecule has 0 spiro atoms. The molecule has 7 heteroatoms. The molecule has 4 N–H and O–H groups in total. The van der Waals surface area contributed by atoms with Crippen LogP contribution in [0.4, 0.5) is 0 Å². The van der Waals surface area contributed by atoms with Crippen LogP contribution in [0, 0.1) is 11.8 Å². The van der Waals surface area contributed by atoms with Gasteiger partial charge < -0.3 is 20.5 Å². The lowest BCUT2D eigenvalue weighted by Crippen LogP contribution is -2.50. The molecule has 214 valence electrons. The number of carbonyl (C=O) groups excluding carboxylic acids is 2. The van der Waals surface area contributed by atoms with Crippen molar-refractivity contribution in [3.63, 3.8) is 0 Å². The van der Waals surface area contributed by atoms with Gasteiger partial charge >= 0.3 is 5.97 Å². The van der Waals surface area contributed by atoms with E-state index in [1.807, 2.05) is 55.5 Å². The molecule has 39 heavy (non-hydrogen) atoms. The van der Waals surface area contributed by atoms with E-state index >= 15 is 0 Å². The van der Waals surface area contributed by atoms with E-state index in [9.17, 15) is 19.5 Å². The zero-order valence-electron chi connectivity index (χ0n) is 24.1. The third kappa shape index (κ3) is 10.5. The molecule has 1 amide bonds. The molecule has 0 aliphatic heterocycles. The number of para-hydroxylation sites is 1. The van der Waals surface area contributed by atoms with Crippen LogP contribution in [0.3, 0.4) is 0 Å². The van der Waals surface area contributed by atoms with Crippen molar-refractivity contribution in [2.24, 2.45) is 11.8 Å². The number of hydrogen-bond acceptors (Lipinski definition) is 4. The second-order valence-corrected chi connectivity index (χ2v) is 10.6. The molecular weight excluding hydrogens is 492 g/mol. The topological polar surface area (TPSA) is 112 Å². The van der Waals surface area contributed by atoms with Gasteiger partial charge in [-0.3, -0.25) is 14.4 Å². The molecule has 0 radical (unpaired) electrons. The Morgan fingerprint density at radius 3 is 2.26 bits per heavy atom. The van der Waals surface area contributed by atoms with E-state index in [4.69, 9.17) is 4.74 Å². The van der Waals surface area contributed by atoms with Crippen LogP contribution < -0.4 is 10.5 Å². The highest BCUT2D eigenvalue weighted by atomic mass is 16.5. The van der Waals surface area contributed by atoms with E-state index in [2.05, 4.69) is 18.7 Å². The number of benzene rings is 2. The van der Waals surface area contributed by atoms with E-state index in [1.165, 1.54) is 10.5 Å². The zero-order chi connectivity index (χ0) is 28.8. The number of quaternary nitrogens is 1. The molecule has 2 aromatic carbocycles.